The molecule has 0 amide bonds. The maximum Gasteiger partial charge on any atom is 0.278 e. The van der Waals surface area contributed by atoms with Crippen LogP contribution in [0, 0.1) is 11.3 Å². The molecule has 0 saturated heterocycles. The molecular weight excluding hydrogens is 380 g/mol. The van der Waals surface area contributed by atoms with Crippen LogP contribution in [0.4, 0.5) is 0 Å². The zero-order valence-corrected chi connectivity index (χ0v) is 15.8. The first-order valence-electron chi connectivity index (χ1n) is 8.20. The van der Waals surface area contributed by atoms with Crippen LogP contribution in [-0.2, 0) is 0 Å². The summed E-state index contributed by atoms with van der Waals surface area (Å²) in [7, 11) is 0. The summed E-state index contributed by atoms with van der Waals surface area (Å²) in [6.07, 6.45) is 0. The molecule has 0 aliphatic carbocycles. The molecule has 7 heteroatoms. The van der Waals surface area contributed by atoms with Gasteiger partial charge >= 0.3 is 0 Å². The van der Waals surface area contributed by atoms with E-state index in [1.54, 1.807) is 6.92 Å². The summed E-state index contributed by atoms with van der Waals surface area (Å²) in [6.45, 7) is 1.79. The molecule has 0 aliphatic rings. The molecule has 1 atom stereocenters. The lowest BCUT2D eigenvalue weighted by atomic mass is 10.0. The van der Waals surface area contributed by atoms with Crippen molar-refractivity contribution < 1.29 is 4.42 Å². The Kier molecular flexibility index (Phi) is 4.80. The minimum absolute atomic E-state index is 0.267. The van der Waals surface area contributed by atoms with Gasteiger partial charge in [0.15, 0.2) is 0 Å². The number of hydrogen-bond donors (Lipinski definition) is 0. The quantitative estimate of drug-likeness (QED) is 0.420. The number of nitriles is 1. The molecule has 0 aliphatic heterocycles. The van der Waals surface area contributed by atoms with Gasteiger partial charge in [0.05, 0.1) is 28.1 Å². The van der Waals surface area contributed by atoms with Crippen molar-refractivity contribution in [1.29, 1.82) is 5.26 Å². The molecule has 27 heavy (non-hydrogen) atoms. The van der Waals surface area contributed by atoms with E-state index in [9.17, 15) is 0 Å². The van der Waals surface area contributed by atoms with Crippen LogP contribution < -0.4 is 0 Å². The molecule has 0 bridgehead atoms. The number of hydrogen-bond acceptors (Lipinski definition) is 6. The Morgan fingerprint density at radius 2 is 1.89 bits per heavy atom. The minimum atomic E-state index is -0.267. The minimum Gasteiger partial charge on any atom is -0.411 e. The van der Waals surface area contributed by atoms with Crippen LogP contribution in [-0.4, -0.2) is 20.4 Å². The molecule has 2 aromatic heterocycles. The predicted octanol–water partition coefficient (Wildman–Crippen LogP) is 5.61. The second-order valence-corrected chi connectivity index (χ2v) is 7.57. The van der Waals surface area contributed by atoms with Crippen LogP contribution >= 0.6 is 23.4 Å². The van der Waals surface area contributed by atoms with Gasteiger partial charge in [-0.3, -0.25) is 0 Å². The van der Waals surface area contributed by atoms with Crippen molar-refractivity contribution in [3.63, 3.8) is 0 Å². The van der Waals surface area contributed by atoms with Crippen molar-refractivity contribution in [2.24, 2.45) is 0 Å². The molecule has 5 nitrogen and oxygen atoms in total. The number of halogens is 1. The fourth-order valence-corrected chi connectivity index (χ4v) is 3.36. The van der Waals surface area contributed by atoms with E-state index in [0.717, 1.165) is 27.7 Å². The summed E-state index contributed by atoms with van der Waals surface area (Å²) in [4.78, 5) is 4.75. The maximum atomic E-state index is 8.96. The van der Waals surface area contributed by atoms with Gasteiger partial charge in [-0.05, 0) is 43.0 Å². The van der Waals surface area contributed by atoms with E-state index >= 15 is 0 Å². The van der Waals surface area contributed by atoms with Crippen LogP contribution in [0.25, 0.3) is 33.6 Å². The Morgan fingerprint density at radius 3 is 2.67 bits per heavy atom. The molecule has 0 radical (unpaired) electrons. The van der Waals surface area contributed by atoms with Crippen LogP contribution in [0.3, 0.4) is 0 Å². The van der Waals surface area contributed by atoms with Crippen molar-refractivity contribution in [2.75, 3.05) is 0 Å². The summed E-state index contributed by atoms with van der Waals surface area (Å²) in [6, 6.07) is 19.4. The molecule has 0 spiro atoms. The van der Waals surface area contributed by atoms with E-state index in [1.165, 1.54) is 11.8 Å². The highest BCUT2D eigenvalue weighted by Crippen LogP contribution is 2.33. The van der Waals surface area contributed by atoms with Crippen molar-refractivity contribution in [1.82, 2.24) is 15.2 Å². The SMILES string of the molecule is C[C@H](C#N)Sc1nnc(-c2cc(-c3ccc(Cl)cc3)nc3ccccc23)o1. The van der Waals surface area contributed by atoms with Crippen LogP contribution in [0.5, 0.6) is 0 Å². The molecule has 0 fully saturated rings. The third-order valence-corrected chi connectivity index (χ3v) is 5.03. The van der Waals surface area contributed by atoms with E-state index in [1.807, 2.05) is 54.6 Å². The van der Waals surface area contributed by atoms with Crippen molar-refractivity contribution in [2.45, 2.75) is 17.4 Å². The third kappa shape index (κ3) is 3.65. The highest BCUT2D eigenvalue weighted by Gasteiger charge is 2.16. The van der Waals surface area contributed by atoms with Crippen molar-refractivity contribution in [3.05, 3.63) is 59.6 Å². The number of para-hydroxylation sites is 1. The highest BCUT2D eigenvalue weighted by atomic mass is 35.5. The lowest BCUT2D eigenvalue weighted by Gasteiger charge is -2.07. The Morgan fingerprint density at radius 1 is 1.11 bits per heavy atom. The second-order valence-electron chi connectivity index (χ2n) is 5.84. The van der Waals surface area contributed by atoms with E-state index in [4.69, 9.17) is 26.3 Å². The van der Waals surface area contributed by atoms with Crippen molar-refractivity contribution in [3.8, 4) is 28.8 Å². The Labute approximate surface area is 165 Å². The van der Waals surface area contributed by atoms with E-state index in [-0.39, 0.29) is 5.25 Å². The fourth-order valence-electron chi connectivity index (χ4n) is 2.66. The average molecular weight is 393 g/mol. The first kappa shape index (κ1) is 17.5. The molecule has 2 heterocycles. The number of thioether (sulfide) groups is 1. The summed E-state index contributed by atoms with van der Waals surface area (Å²) < 4.78 is 5.80. The predicted molar refractivity (Wildman–Crippen MR) is 106 cm³/mol. The monoisotopic (exact) mass is 392 g/mol. The van der Waals surface area contributed by atoms with Gasteiger partial charge in [0.25, 0.3) is 5.22 Å². The number of benzene rings is 2. The smallest absolute Gasteiger partial charge is 0.278 e. The highest BCUT2D eigenvalue weighted by molar-refractivity contribution is 7.99. The Hall–Kier alpha value is -2.88. The van der Waals surface area contributed by atoms with E-state index in [2.05, 4.69) is 16.3 Å². The molecule has 0 unspecified atom stereocenters. The molecule has 132 valence electrons. The lowest BCUT2D eigenvalue weighted by Crippen LogP contribution is -1.90. The number of fused-ring (bicyclic) bond motifs is 1. The number of nitrogens with zero attached hydrogens (tertiary/aromatic N) is 4. The fraction of sp³-hybridized carbons (Fsp3) is 0.100. The third-order valence-electron chi connectivity index (χ3n) is 3.95. The number of aromatic nitrogens is 3. The van der Waals surface area contributed by atoms with Crippen molar-refractivity contribution >= 4 is 34.3 Å². The average Bonchev–Trinajstić information content (AvgIpc) is 3.15. The maximum absolute atomic E-state index is 8.96. The summed E-state index contributed by atoms with van der Waals surface area (Å²) >= 11 is 7.23. The zero-order chi connectivity index (χ0) is 18.8. The molecule has 2 aromatic carbocycles. The lowest BCUT2D eigenvalue weighted by molar-refractivity contribution is 0.466. The van der Waals surface area contributed by atoms with Gasteiger partial charge < -0.3 is 4.42 Å². The number of rotatable bonds is 4. The van der Waals surface area contributed by atoms with Gasteiger partial charge in [-0.2, -0.15) is 5.26 Å². The molecule has 4 rings (SSSR count). The largest absolute Gasteiger partial charge is 0.411 e. The van der Waals surface area contributed by atoms with Crippen LogP contribution in [0.2, 0.25) is 5.02 Å². The van der Waals surface area contributed by atoms with Gasteiger partial charge in [-0.1, -0.05) is 41.9 Å². The van der Waals surface area contributed by atoms with Crippen LogP contribution in [0.15, 0.2) is 64.2 Å². The Balaban J connectivity index is 1.84. The zero-order valence-electron chi connectivity index (χ0n) is 14.3. The van der Waals surface area contributed by atoms with Gasteiger partial charge in [0.1, 0.15) is 0 Å². The summed E-state index contributed by atoms with van der Waals surface area (Å²) in [5.41, 5.74) is 3.36. The number of pyridine rings is 1. The summed E-state index contributed by atoms with van der Waals surface area (Å²) in [5, 5.41) is 18.9. The van der Waals surface area contributed by atoms with Gasteiger partial charge in [0, 0.05) is 16.0 Å². The molecular formula is C20H13ClN4OS. The molecule has 4 aromatic rings. The second kappa shape index (κ2) is 7.39. The molecule has 0 N–H and O–H groups in total. The molecule has 0 saturated carbocycles. The first-order valence-corrected chi connectivity index (χ1v) is 9.45. The van der Waals surface area contributed by atoms with Gasteiger partial charge in [0.2, 0.25) is 5.89 Å². The first-order chi connectivity index (χ1) is 13.1. The van der Waals surface area contributed by atoms with Crippen LogP contribution in [0.1, 0.15) is 6.92 Å². The van der Waals surface area contributed by atoms with Gasteiger partial charge in [-0.15, -0.1) is 10.2 Å². The Bertz CT molecular complexity index is 1150. The normalized spacial score (nSPS) is 12.0. The van der Waals surface area contributed by atoms with E-state index < -0.39 is 0 Å². The standard InChI is InChI=1S/C20H13ClN4OS/c1-12(11-22)27-20-25-24-19(26-20)16-10-18(13-6-8-14(21)9-7-13)23-17-5-3-2-4-15(16)17/h2-10,12H,1H3/t12-/m1/s1. The van der Waals surface area contributed by atoms with E-state index in [0.29, 0.717) is 16.1 Å². The topological polar surface area (TPSA) is 75.6 Å². The summed E-state index contributed by atoms with van der Waals surface area (Å²) in [5.74, 6) is 0.399. The van der Waals surface area contributed by atoms with Gasteiger partial charge in [-0.25, -0.2) is 4.98 Å².